The molecular formula is C11H15BrN2O. The van der Waals surface area contributed by atoms with Crippen LogP contribution in [0.15, 0.2) is 22.7 Å². The Morgan fingerprint density at radius 2 is 2.27 bits per heavy atom. The summed E-state index contributed by atoms with van der Waals surface area (Å²) in [6.07, 6.45) is 0.334. The lowest BCUT2D eigenvalue weighted by Crippen LogP contribution is -2.24. The molecule has 0 spiro atoms. The highest BCUT2D eigenvalue weighted by Crippen LogP contribution is 2.24. The average Bonchev–Trinajstić information content (AvgIpc) is 2.10. The Labute approximate surface area is 98.2 Å². The van der Waals surface area contributed by atoms with Crippen molar-refractivity contribution in [1.82, 2.24) is 0 Å². The van der Waals surface area contributed by atoms with Gasteiger partial charge < -0.3 is 11.1 Å². The molecule has 0 aliphatic carbocycles. The van der Waals surface area contributed by atoms with Gasteiger partial charge in [-0.05, 0) is 47.5 Å². The second-order valence-corrected chi connectivity index (χ2v) is 4.55. The Kier molecular flexibility index (Phi) is 4.15. The smallest absolute Gasteiger partial charge is 0.219 e. The molecule has 0 bridgehead atoms. The van der Waals surface area contributed by atoms with Crippen LogP contribution >= 0.6 is 15.9 Å². The lowest BCUT2D eigenvalue weighted by atomic mass is 10.2. The van der Waals surface area contributed by atoms with Crippen LogP contribution in [0, 0.1) is 6.92 Å². The van der Waals surface area contributed by atoms with Crippen LogP contribution in [-0.4, -0.2) is 11.9 Å². The molecule has 4 heteroatoms. The molecule has 0 saturated heterocycles. The van der Waals surface area contributed by atoms with Crippen molar-refractivity contribution < 1.29 is 4.79 Å². The van der Waals surface area contributed by atoms with Crippen molar-refractivity contribution in [3.8, 4) is 0 Å². The van der Waals surface area contributed by atoms with Gasteiger partial charge in [0.1, 0.15) is 0 Å². The number of primary amides is 1. The molecule has 1 unspecified atom stereocenters. The number of aryl methyl sites for hydroxylation is 1. The fourth-order valence-electron chi connectivity index (χ4n) is 1.37. The van der Waals surface area contributed by atoms with Gasteiger partial charge in [-0.25, -0.2) is 0 Å². The molecule has 0 aliphatic heterocycles. The zero-order valence-corrected chi connectivity index (χ0v) is 10.5. The number of hydrogen-bond acceptors (Lipinski definition) is 2. The second-order valence-electron chi connectivity index (χ2n) is 3.70. The van der Waals surface area contributed by atoms with Crippen LogP contribution in [0.4, 0.5) is 5.69 Å². The number of carbonyl (C=O) groups is 1. The maximum atomic E-state index is 10.7. The third-order valence-electron chi connectivity index (χ3n) is 2.03. The van der Waals surface area contributed by atoms with E-state index in [1.165, 1.54) is 5.56 Å². The highest BCUT2D eigenvalue weighted by Gasteiger charge is 2.07. The monoisotopic (exact) mass is 270 g/mol. The quantitative estimate of drug-likeness (QED) is 0.883. The van der Waals surface area contributed by atoms with E-state index in [2.05, 4.69) is 21.2 Å². The maximum absolute atomic E-state index is 10.7. The molecular weight excluding hydrogens is 256 g/mol. The van der Waals surface area contributed by atoms with Crippen LogP contribution in [0.2, 0.25) is 0 Å². The van der Waals surface area contributed by atoms with E-state index < -0.39 is 0 Å². The first kappa shape index (κ1) is 12.0. The lowest BCUT2D eigenvalue weighted by molar-refractivity contribution is -0.118. The summed E-state index contributed by atoms with van der Waals surface area (Å²) in [6, 6.07) is 6.07. The van der Waals surface area contributed by atoms with Gasteiger partial charge in [-0.3, -0.25) is 4.79 Å². The van der Waals surface area contributed by atoms with Crippen LogP contribution in [-0.2, 0) is 4.79 Å². The van der Waals surface area contributed by atoms with Gasteiger partial charge in [0.15, 0.2) is 0 Å². The van der Waals surface area contributed by atoms with Crippen molar-refractivity contribution in [3.63, 3.8) is 0 Å². The molecule has 1 atom stereocenters. The zero-order chi connectivity index (χ0) is 11.4. The van der Waals surface area contributed by atoms with E-state index in [4.69, 9.17) is 5.73 Å². The highest BCUT2D eigenvalue weighted by atomic mass is 79.9. The number of halogens is 1. The Morgan fingerprint density at radius 3 is 2.87 bits per heavy atom. The molecule has 82 valence electrons. The van der Waals surface area contributed by atoms with Crippen molar-refractivity contribution >= 4 is 27.5 Å². The summed E-state index contributed by atoms with van der Waals surface area (Å²) in [6.45, 7) is 3.95. The number of nitrogens with two attached hydrogens (primary N) is 1. The van der Waals surface area contributed by atoms with E-state index >= 15 is 0 Å². The van der Waals surface area contributed by atoms with Crippen LogP contribution in [0.5, 0.6) is 0 Å². The van der Waals surface area contributed by atoms with E-state index in [0.29, 0.717) is 6.42 Å². The summed E-state index contributed by atoms with van der Waals surface area (Å²) in [7, 11) is 0. The molecule has 1 aromatic carbocycles. The minimum Gasteiger partial charge on any atom is -0.381 e. The summed E-state index contributed by atoms with van der Waals surface area (Å²) in [5.41, 5.74) is 7.29. The van der Waals surface area contributed by atoms with Gasteiger partial charge in [0.25, 0.3) is 0 Å². The fraction of sp³-hybridized carbons (Fsp3) is 0.364. The molecule has 1 rings (SSSR count). The van der Waals surface area contributed by atoms with Gasteiger partial charge in [-0.2, -0.15) is 0 Å². The molecule has 0 radical (unpaired) electrons. The Morgan fingerprint density at radius 1 is 1.60 bits per heavy atom. The van der Waals surface area contributed by atoms with Gasteiger partial charge in [0.05, 0.1) is 0 Å². The molecule has 3 nitrogen and oxygen atoms in total. The van der Waals surface area contributed by atoms with Crippen LogP contribution in [0.25, 0.3) is 0 Å². The largest absolute Gasteiger partial charge is 0.381 e. The average molecular weight is 271 g/mol. The van der Waals surface area contributed by atoms with E-state index in [9.17, 15) is 4.79 Å². The summed E-state index contributed by atoms with van der Waals surface area (Å²) in [5, 5.41) is 3.23. The Bertz CT molecular complexity index is 366. The van der Waals surface area contributed by atoms with E-state index in [1.54, 1.807) is 0 Å². The van der Waals surface area contributed by atoms with Crippen molar-refractivity contribution in [2.45, 2.75) is 26.3 Å². The summed E-state index contributed by atoms with van der Waals surface area (Å²) in [4.78, 5) is 10.7. The summed E-state index contributed by atoms with van der Waals surface area (Å²) in [5.74, 6) is -0.293. The fourth-order valence-corrected chi connectivity index (χ4v) is 1.73. The first-order chi connectivity index (χ1) is 6.99. The molecule has 0 heterocycles. The number of nitrogens with one attached hydrogen (secondary N) is 1. The van der Waals surface area contributed by atoms with Crippen molar-refractivity contribution in [3.05, 3.63) is 28.2 Å². The van der Waals surface area contributed by atoms with Crippen molar-refractivity contribution in [2.24, 2.45) is 5.73 Å². The van der Waals surface area contributed by atoms with Crippen LogP contribution < -0.4 is 11.1 Å². The third-order valence-corrected chi connectivity index (χ3v) is 2.72. The Balaban J connectivity index is 2.71. The normalized spacial score (nSPS) is 12.2. The van der Waals surface area contributed by atoms with Gasteiger partial charge in [-0.15, -0.1) is 0 Å². The third kappa shape index (κ3) is 3.91. The van der Waals surface area contributed by atoms with Crippen molar-refractivity contribution in [2.75, 3.05) is 5.32 Å². The molecule has 3 N–H and O–H groups in total. The number of anilines is 1. The predicted molar refractivity (Wildman–Crippen MR) is 65.8 cm³/mol. The van der Waals surface area contributed by atoms with E-state index in [0.717, 1.165) is 10.2 Å². The molecule has 0 aliphatic rings. The second kappa shape index (κ2) is 5.16. The first-order valence-corrected chi connectivity index (χ1v) is 5.59. The van der Waals surface area contributed by atoms with E-state index in [1.807, 2.05) is 32.0 Å². The molecule has 0 aromatic heterocycles. The molecule has 0 saturated carbocycles. The molecule has 15 heavy (non-hydrogen) atoms. The number of benzene rings is 1. The zero-order valence-electron chi connectivity index (χ0n) is 8.88. The molecule has 1 aromatic rings. The number of carbonyl (C=O) groups excluding carboxylic acids is 1. The Hall–Kier alpha value is -1.03. The first-order valence-electron chi connectivity index (χ1n) is 4.80. The molecule has 1 amide bonds. The predicted octanol–water partition coefficient (Wildman–Crippen LogP) is 2.43. The van der Waals surface area contributed by atoms with Crippen LogP contribution in [0.1, 0.15) is 18.9 Å². The van der Waals surface area contributed by atoms with Gasteiger partial charge in [-0.1, -0.05) is 6.07 Å². The minimum atomic E-state index is -0.293. The standard InChI is InChI=1S/C11H15BrN2O/c1-7-3-4-9(12)10(5-7)14-8(2)6-11(13)15/h3-5,8,14H,6H2,1-2H3,(H2,13,15). The van der Waals surface area contributed by atoms with Crippen molar-refractivity contribution in [1.29, 1.82) is 0 Å². The number of hydrogen-bond donors (Lipinski definition) is 2. The van der Waals surface area contributed by atoms with Crippen LogP contribution in [0.3, 0.4) is 0 Å². The topological polar surface area (TPSA) is 55.1 Å². The minimum absolute atomic E-state index is 0.0422. The van der Waals surface area contributed by atoms with Gasteiger partial charge >= 0.3 is 0 Å². The van der Waals surface area contributed by atoms with E-state index in [-0.39, 0.29) is 11.9 Å². The molecule has 0 fully saturated rings. The number of amides is 1. The van der Waals surface area contributed by atoms with Gasteiger partial charge in [0.2, 0.25) is 5.91 Å². The highest BCUT2D eigenvalue weighted by molar-refractivity contribution is 9.10. The summed E-state index contributed by atoms with van der Waals surface area (Å²) < 4.78 is 0.990. The maximum Gasteiger partial charge on any atom is 0.219 e. The van der Waals surface area contributed by atoms with Gasteiger partial charge in [0, 0.05) is 22.6 Å². The summed E-state index contributed by atoms with van der Waals surface area (Å²) >= 11 is 3.45. The lowest BCUT2D eigenvalue weighted by Gasteiger charge is -2.15. The number of rotatable bonds is 4. The SMILES string of the molecule is Cc1ccc(Br)c(NC(C)CC(N)=O)c1.